The lowest BCUT2D eigenvalue weighted by atomic mass is 9.54. The molecule has 18 heavy (non-hydrogen) atoms. The van der Waals surface area contributed by atoms with Gasteiger partial charge in [-0.25, -0.2) is 8.60 Å². The summed E-state index contributed by atoms with van der Waals surface area (Å²) in [4.78, 5) is 0. The van der Waals surface area contributed by atoms with Crippen LogP contribution >= 0.6 is 0 Å². The van der Waals surface area contributed by atoms with Crippen molar-refractivity contribution in [1.82, 2.24) is 5.32 Å². The average Bonchev–Trinajstić information content (AvgIpc) is 2.25. The van der Waals surface area contributed by atoms with Gasteiger partial charge in [0.15, 0.2) is 11.1 Å². The van der Waals surface area contributed by atoms with Crippen molar-refractivity contribution in [1.29, 1.82) is 0 Å². The first-order chi connectivity index (χ1) is 8.61. The maximum Gasteiger partial charge on any atom is 0.155 e. The number of alkyl halides is 1. The Morgan fingerprint density at radius 3 is 2.22 bits per heavy atom. The number of halogens is 1. The second-order valence-corrected chi connectivity index (χ2v) is 7.43. The van der Waals surface area contributed by atoms with Crippen molar-refractivity contribution in [2.24, 2.45) is 23.7 Å². The minimum absolute atomic E-state index is 0.235. The van der Waals surface area contributed by atoms with E-state index in [0.29, 0.717) is 6.04 Å². The van der Waals surface area contributed by atoms with Crippen molar-refractivity contribution in [3.05, 3.63) is 0 Å². The fourth-order valence-electron chi connectivity index (χ4n) is 4.74. The molecule has 4 rings (SSSR count). The van der Waals surface area contributed by atoms with Gasteiger partial charge in [-0.2, -0.15) is 0 Å². The Balaban J connectivity index is 1.52. The summed E-state index contributed by atoms with van der Waals surface area (Å²) in [5.74, 6) is 3.05. The Morgan fingerprint density at radius 1 is 1.17 bits per heavy atom. The molecule has 0 aromatic rings. The normalized spacial score (nSPS) is 45.1. The van der Waals surface area contributed by atoms with Crippen LogP contribution in [0.4, 0.5) is 4.39 Å². The Labute approximate surface area is 110 Å². The standard InChI is InChI=1S/C13H22FNO2S/c14-12(7-18(16)17)6-15-13-10-2-8-1-9(4-10)5-11(13)3-8/h8-13,15H,1-7H2,(H,16,17)/t8?,9?,10?,11?,12-,13?/m0/s1. The molecule has 0 aliphatic heterocycles. The molecule has 0 spiro atoms. The Kier molecular flexibility index (Phi) is 3.74. The molecule has 0 radical (unpaired) electrons. The van der Waals surface area contributed by atoms with Crippen molar-refractivity contribution < 1.29 is 13.2 Å². The maximum atomic E-state index is 13.5. The fourth-order valence-corrected chi connectivity index (χ4v) is 5.16. The molecule has 0 saturated heterocycles. The molecule has 0 aromatic carbocycles. The third kappa shape index (κ3) is 2.63. The molecule has 0 amide bonds. The van der Waals surface area contributed by atoms with Gasteiger partial charge in [0.05, 0.1) is 5.75 Å². The van der Waals surface area contributed by atoms with E-state index < -0.39 is 17.3 Å². The second-order valence-electron chi connectivity index (χ2n) is 6.45. The second kappa shape index (κ2) is 5.17. The van der Waals surface area contributed by atoms with Gasteiger partial charge in [-0.1, -0.05) is 0 Å². The maximum absolute atomic E-state index is 13.5. The first-order valence-corrected chi connectivity index (χ1v) is 8.34. The smallest absolute Gasteiger partial charge is 0.155 e. The quantitative estimate of drug-likeness (QED) is 0.754. The van der Waals surface area contributed by atoms with Gasteiger partial charge in [0.1, 0.15) is 6.17 Å². The number of nitrogens with one attached hydrogen (secondary N) is 1. The summed E-state index contributed by atoms with van der Waals surface area (Å²) in [6, 6.07) is 0.461. The molecule has 3 nitrogen and oxygen atoms in total. The fraction of sp³-hybridized carbons (Fsp3) is 1.00. The van der Waals surface area contributed by atoms with Gasteiger partial charge < -0.3 is 9.87 Å². The molecule has 0 aromatic heterocycles. The summed E-state index contributed by atoms with van der Waals surface area (Å²) in [6.45, 7) is 0.235. The Morgan fingerprint density at radius 2 is 1.72 bits per heavy atom. The largest absolute Gasteiger partial charge is 0.311 e. The number of rotatable bonds is 5. The van der Waals surface area contributed by atoms with Gasteiger partial charge in [-0.3, -0.25) is 0 Å². The van der Waals surface area contributed by atoms with Crippen LogP contribution in [0.15, 0.2) is 0 Å². The zero-order valence-electron chi connectivity index (χ0n) is 10.6. The van der Waals surface area contributed by atoms with Gasteiger partial charge in [-0.15, -0.1) is 0 Å². The van der Waals surface area contributed by atoms with Crippen LogP contribution in [-0.2, 0) is 11.1 Å². The molecule has 4 fully saturated rings. The predicted octanol–water partition coefficient (Wildman–Crippen LogP) is 1.96. The monoisotopic (exact) mass is 275 g/mol. The number of hydrogen-bond donors (Lipinski definition) is 2. The molecule has 4 saturated carbocycles. The van der Waals surface area contributed by atoms with Crippen LogP contribution in [0, 0.1) is 23.7 Å². The summed E-state index contributed by atoms with van der Waals surface area (Å²) < 4.78 is 32.7. The SMILES string of the molecule is O=S(O)C[C@@H](F)CNC1C2CC3CC(C2)CC1C3. The Hall–Kier alpha value is -0.0000000000000000486. The van der Waals surface area contributed by atoms with Crippen LogP contribution in [0.2, 0.25) is 0 Å². The van der Waals surface area contributed by atoms with E-state index in [-0.39, 0.29) is 12.3 Å². The molecule has 4 aliphatic rings. The van der Waals surface area contributed by atoms with E-state index in [4.69, 9.17) is 4.55 Å². The minimum atomic E-state index is -2.02. The van der Waals surface area contributed by atoms with E-state index in [0.717, 1.165) is 23.7 Å². The van der Waals surface area contributed by atoms with Gasteiger partial charge in [0.25, 0.3) is 0 Å². The van der Waals surface area contributed by atoms with E-state index >= 15 is 0 Å². The first kappa shape index (κ1) is 13.0. The highest BCUT2D eigenvalue weighted by Crippen LogP contribution is 2.53. The summed E-state index contributed by atoms with van der Waals surface area (Å²) in [5.41, 5.74) is 0. The lowest BCUT2D eigenvalue weighted by Gasteiger charge is -2.54. The predicted molar refractivity (Wildman–Crippen MR) is 69.4 cm³/mol. The van der Waals surface area contributed by atoms with Gasteiger partial charge in [0, 0.05) is 12.6 Å². The minimum Gasteiger partial charge on any atom is -0.311 e. The molecule has 1 unspecified atom stereocenters. The molecular weight excluding hydrogens is 253 g/mol. The van der Waals surface area contributed by atoms with Crippen LogP contribution in [0.3, 0.4) is 0 Å². The van der Waals surface area contributed by atoms with Gasteiger partial charge >= 0.3 is 0 Å². The lowest BCUT2D eigenvalue weighted by Crippen LogP contribution is -2.55. The van der Waals surface area contributed by atoms with Crippen molar-refractivity contribution in [3.8, 4) is 0 Å². The van der Waals surface area contributed by atoms with Gasteiger partial charge in [0.2, 0.25) is 0 Å². The van der Waals surface area contributed by atoms with Crippen LogP contribution in [0.25, 0.3) is 0 Å². The molecule has 104 valence electrons. The summed E-state index contributed by atoms with van der Waals surface area (Å²) in [7, 11) is 0. The zero-order chi connectivity index (χ0) is 12.7. The third-order valence-electron chi connectivity index (χ3n) is 5.13. The number of hydrogen-bond acceptors (Lipinski definition) is 2. The van der Waals surface area contributed by atoms with Crippen molar-refractivity contribution in [2.75, 3.05) is 12.3 Å². The van der Waals surface area contributed by atoms with E-state index in [1.807, 2.05) is 0 Å². The van der Waals surface area contributed by atoms with Crippen molar-refractivity contribution in [2.45, 2.75) is 44.3 Å². The molecule has 4 aliphatic carbocycles. The van der Waals surface area contributed by atoms with E-state index in [2.05, 4.69) is 5.32 Å². The highest BCUT2D eigenvalue weighted by molar-refractivity contribution is 7.79. The molecule has 0 heterocycles. The highest BCUT2D eigenvalue weighted by atomic mass is 32.2. The molecule has 2 N–H and O–H groups in total. The van der Waals surface area contributed by atoms with Crippen LogP contribution in [-0.4, -0.2) is 33.3 Å². The molecule has 4 bridgehead atoms. The Bertz CT molecular complexity index is 311. The van der Waals surface area contributed by atoms with E-state index in [9.17, 15) is 8.60 Å². The molecule has 5 heteroatoms. The molecular formula is C13H22FNO2S. The van der Waals surface area contributed by atoms with Crippen LogP contribution in [0.5, 0.6) is 0 Å². The van der Waals surface area contributed by atoms with Crippen molar-refractivity contribution in [3.63, 3.8) is 0 Å². The van der Waals surface area contributed by atoms with Gasteiger partial charge in [-0.05, 0) is 55.8 Å². The van der Waals surface area contributed by atoms with E-state index in [1.165, 1.54) is 32.1 Å². The average molecular weight is 275 g/mol. The van der Waals surface area contributed by atoms with E-state index in [1.54, 1.807) is 0 Å². The summed E-state index contributed by atoms with van der Waals surface area (Å²) in [5, 5.41) is 3.35. The van der Waals surface area contributed by atoms with Crippen molar-refractivity contribution >= 4 is 11.1 Å². The molecule has 2 atom stereocenters. The summed E-state index contributed by atoms with van der Waals surface area (Å²) >= 11 is -2.02. The summed E-state index contributed by atoms with van der Waals surface area (Å²) in [6.07, 6.45) is 5.48. The third-order valence-corrected chi connectivity index (χ3v) is 5.77. The zero-order valence-corrected chi connectivity index (χ0v) is 11.4. The topological polar surface area (TPSA) is 49.3 Å². The first-order valence-electron chi connectivity index (χ1n) is 7.06. The van der Waals surface area contributed by atoms with Crippen LogP contribution < -0.4 is 5.32 Å². The lowest BCUT2D eigenvalue weighted by molar-refractivity contribution is -0.0150. The highest BCUT2D eigenvalue weighted by Gasteiger charge is 2.47. The van der Waals surface area contributed by atoms with Crippen LogP contribution in [0.1, 0.15) is 32.1 Å².